The molecule has 0 aromatic rings. The van der Waals surface area contributed by atoms with Crippen molar-refractivity contribution in [2.75, 3.05) is 53.4 Å². The standard InChI is InChI=1S/C14H31N3O/c1-4-7-15-14(12-18)6-9-17(3)11-13-5-8-16(2)10-13/h13-15,18H,4-12H2,1-3H3. The predicted molar refractivity (Wildman–Crippen MR) is 76.9 cm³/mol. The van der Waals surface area contributed by atoms with E-state index in [0.29, 0.717) is 0 Å². The highest BCUT2D eigenvalue weighted by molar-refractivity contribution is 4.76. The van der Waals surface area contributed by atoms with Gasteiger partial charge in [0.2, 0.25) is 0 Å². The van der Waals surface area contributed by atoms with Gasteiger partial charge in [-0.05, 0) is 58.9 Å². The highest BCUT2D eigenvalue weighted by atomic mass is 16.3. The third-order valence-corrected chi connectivity index (χ3v) is 3.82. The van der Waals surface area contributed by atoms with Crippen molar-refractivity contribution in [2.24, 2.45) is 5.92 Å². The Kier molecular flexibility index (Phi) is 7.82. The summed E-state index contributed by atoms with van der Waals surface area (Å²) in [5.41, 5.74) is 0. The first-order valence-corrected chi connectivity index (χ1v) is 7.37. The van der Waals surface area contributed by atoms with Crippen LogP contribution in [0.4, 0.5) is 0 Å². The third kappa shape index (κ3) is 6.14. The van der Waals surface area contributed by atoms with E-state index < -0.39 is 0 Å². The molecule has 0 radical (unpaired) electrons. The van der Waals surface area contributed by atoms with Gasteiger partial charge in [-0.3, -0.25) is 0 Å². The van der Waals surface area contributed by atoms with Crippen molar-refractivity contribution in [2.45, 2.75) is 32.2 Å². The first kappa shape index (κ1) is 15.9. The van der Waals surface area contributed by atoms with E-state index in [2.05, 4.69) is 36.1 Å². The van der Waals surface area contributed by atoms with Crippen LogP contribution in [0.3, 0.4) is 0 Å². The number of likely N-dealkylation sites (tertiary alicyclic amines) is 1. The summed E-state index contributed by atoms with van der Waals surface area (Å²) in [7, 11) is 4.41. The predicted octanol–water partition coefficient (Wildman–Crippen LogP) is 0.621. The Labute approximate surface area is 112 Å². The maximum absolute atomic E-state index is 9.30. The first-order chi connectivity index (χ1) is 8.65. The fourth-order valence-corrected chi connectivity index (χ4v) is 2.69. The molecule has 2 N–H and O–H groups in total. The maximum Gasteiger partial charge on any atom is 0.0585 e. The SMILES string of the molecule is CCCNC(CO)CCN(C)CC1CCN(C)C1. The zero-order valence-electron chi connectivity index (χ0n) is 12.4. The lowest BCUT2D eigenvalue weighted by molar-refractivity contribution is 0.208. The van der Waals surface area contributed by atoms with Gasteiger partial charge in [-0.25, -0.2) is 0 Å². The molecule has 2 atom stereocenters. The van der Waals surface area contributed by atoms with Crippen LogP contribution in [0.15, 0.2) is 0 Å². The van der Waals surface area contributed by atoms with E-state index in [-0.39, 0.29) is 12.6 Å². The van der Waals surface area contributed by atoms with Gasteiger partial charge >= 0.3 is 0 Å². The van der Waals surface area contributed by atoms with Gasteiger partial charge in [0, 0.05) is 19.1 Å². The summed E-state index contributed by atoms with van der Waals surface area (Å²) < 4.78 is 0. The number of hydrogen-bond acceptors (Lipinski definition) is 4. The lowest BCUT2D eigenvalue weighted by Crippen LogP contribution is -2.37. The summed E-state index contributed by atoms with van der Waals surface area (Å²) in [6.45, 7) is 8.16. The summed E-state index contributed by atoms with van der Waals surface area (Å²) in [5, 5.41) is 12.7. The van der Waals surface area contributed by atoms with Crippen LogP contribution in [-0.2, 0) is 0 Å². The summed E-state index contributed by atoms with van der Waals surface area (Å²) in [6.07, 6.45) is 3.49. The molecule has 1 rings (SSSR count). The smallest absolute Gasteiger partial charge is 0.0585 e. The fourth-order valence-electron chi connectivity index (χ4n) is 2.69. The molecule has 1 saturated heterocycles. The molecule has 0 spiro atoms. The van der Waals surface area contributed by atoms with Crippen molar-refractivity contribution in [3.8, 4) is 0 Å². The number of nitrogens with one attached hydrogen (secondary N) is 1. The van der Waals surface area contributed by atoms with E-state index in [0.717, 1.165) is 31.8 Å². The third-order valence-electron chi connectivity index (χ3n) is 3.82. The fraction of sp³-hybridized carbons (Fsp3) is 1.00. The molecule has 0 aromatic carbocycles. The second-order valence-corrected chi connectivity index (χ2v) is 5.80. The number of nitrogens with zero attached hydrogens (tertiary/aromatic N) is 2. The van der Waals surface area contributed by atoms with Crippen molar-refractivity contribution < 1.29 is 5.11 Å². The van der Waals surface area contributed by atoms with Gasteiger partial charge in [-0.15, -0.1) is 0 Å². The lowest BCUT2D eigenvalue weighted by atomic mass is 10.1. The van der Waals surface area contributed by atoms with E-state index >= 15 is 0 Å². The Morgan fingerprint density at radius 2 is 2.28 bits per heavy atom. The Bertz CT molecular complexity index is 213. The molecule has 1 fully saturated rings. The summed E-state index contributed by atoms with van der Waals surface area (Å²) in [4.78, 5) is 4.83. The zero-order valence-corrected chi connectivity index (χ0v) is 12.4. The van der Waals surface area contributed by atoms with E-state index in [4.69, 9.17) is 0 Å². The largest absolute Gasteiger partial charge is 0.395 e. The van der Waals surface area contributed by atoms with Crippen LogP contribution in [0.25, 0.3) is 0 Å². The summed E-state index contributed by atoms with van der Waals surface area (Å²) >= 11 is 0. The molecule has 2 unspecified atom stereocenters. The first-order valence-electron chi connectivity index (χ1n) is 7.37. The maximum atomic E-state index is 9.30. The van der Waals surface area contributed by atoms with Gasteiger partial charge < -0.3 is 20.2 Å². The molecular formula is C14H31N3O. The molecular weight excluding hydrogens is 226 g/mol. The summed E-state index contributed by atoms with van der Waals surface area (Å²) in [6, 6.07) is 0.263. The highest BCUT2D eigenvalue weighted by Crippen LogP contribution is 2.15. The molecule has 18 heavy (non-hydrogen) atoms. The normalized spacial score (nSPS) is 22.8. The average Bonchev–Trinajstić information content (AvgIpc) is 2.75. The average molecular weight is 257 g/mol. The zero-order chi connectivity index (χ0) is 13.4. The van der Waals surface area contributed by atoms with Crippen molar-refractivity contribution >= 4 is 0 Å². The van der Waals surface area contributed by atoms with Crippen molar-refractivity contribution in [1.82, 2.24) is 15.1 Å². The molecule has 0 aromatic heterocycles. The quantitative estimate of drug-likeness (QED) is 0.635. The Morgan fingerprint density at radius 1 is 1.50 bits per heavy atom. The van der Waals surface area contributed by atoms with Gasteiger partial charge in [-0.1, -0.05) is 6.92 Å². The van der Waals surface area contributed by atoms with Crippen LogP contribution in [0.1, 0.15) is 26.2 Å². The molecule has 1 aliphatic heterocycles. The van der Waals surface area contributed by atoms with Crippen molar-refractivity contribution in [1.29, 1.82) is 0 Å². The Hall–Kier alpha value is -0.160. The van der Waals surface area contributed by atoms with Crippen molar-refractivity contribution in [3.63, 3.8) is 0 Å². The summed E-state index contributed by atoms with van der Waals surface area (Å²) in [5.74, 6) is 0.830. The van der Waals surface area contributed by atoms with Crippen LogP contribution >= 0.6 is 0 Å². The molecule has 0 bridgehead atoms. The molecule has 0 amide bonds. The number of aliphatic hydroxyl groups excluding tert-OH is 1. The molecule has 1 heterocycles. The molecule has 108 valence electrons. The van der Waals surface area contributed by atoms with Gasteiger partial charge in [-0.2, -0.15) is 0 Å². The van der Waals surface area contributed by atoms with Crippen LogP contribution in [0.5, 0.6) is 0 Å². The lowest BCUT2D eigenvalue weighted by Gasteiger charge is -2.23. The number of rotatable bonds is 9. The highest BCUT2D eigenvalue weighted by Gasteiger charge is 2.20. The molecule has 4 nitrogen and oxygen atoms in total. The van der Waals surface area contributed by atoms with Crippen LogP contribution in [-0.4, -0.2) is 74.4 Å². The second kappa shape index (κ2) is 8.86. The van der Waals surface area contributed by atoms with Crippen LogP contribution in [0, 0.1) is 5.92 Å². The monoisotopic (exact) mass is 257 g/mol. The number of hydrogen-bond donors (Lipinski definition) is 2. The van der Waals surface area contributed by atoms with Crippen molar-refractivity contribution in [3.05, 3.63) is 0 Å². The van der Waals surface area contributed by atoms with E-state index in [9.17, 15) is 5.11 Å². The van der Waals surface area contributed by atoms with Crippen LogP contribution in [0.2, 0.25) is 0 Å². The van der Waals surface area contributed by atoms with Gasteiger partial charge in [0.05, 0.1) is 6.61 Å². The van der Waals surface area contributed by atoms with Gasteiger partial charge in [0.25, 0.3) is 0 Å². The van der Waals surface area contributed by atoms with E-state index in [1.54, 1.807) is 0 Å². The topological polar surface area (TPSA) is 38.7 Å². The Morgan fingerprint density at radius 3 is 2.83 bits per heavy atom. The van der Waals surface area contributed by atoms with Gasteiger partial charge in [0.15, 0.2) is 0 Å². The van der Waals surface area contributed by atoms with E-state index in [1.165, 1.54) is 26.1 Å². The van der Waals surface area contributed by atoms with Crippen LogP contribution < -0.4 is 5.32 Å². The molecule has 0 aliphatic carbocycles. The minimum Gasteiger partial charge on any atom is -0.395 e. The minimum absolute atomic E-state index is 0.250. The second-order valence-electron chi connectivity index (χ2n) is 5.80. The molecule has 0 saturated carbocycles. The molecule has 1 aliphatic rings. The van der Waals surface area contributed by atoms with Gasteiger partial charge in [0.1, 0.15) is 0 Å². The molecule has 4 heteroatoms. The minimum atomic E-state index is 0.250. The Balaban J connectivity index is 2.13. The number of aliphatic hydroxyl groups is 1. The van der Waals surface area contributed by atoms with E-state index in [1.807, 2.05) is 0 Å².